The molecule has 3 rings (SSSR count). The maximum atomic E-state index is 12.2. The van der Waals surface area contributed by atoms with Crippen molar-refractivity contribution in [3.05, 3.63) is 59.2 Å². The van der Waals surface area contributed by atoms with Crippen LogP contribution in [0.1, 0.15) is 34.3 Å². The molecule has 0 aliphatic heterocycles. The zero-order chi connectivity index (χ0) is 21.7. The second-order valence-corrected chi connectivity index (χ2v) is 7.11. The van der Waals surface area contributed by atoms with E-state index in [9.17, 15) is 19.5 Å². The second kappa shape index (κ2) is 8.96. The number of benzene rings is 2. The average molecular weight is 412 g/mol. The minimum absolute atomic E-state index is 0.0835. The third-order valence-electron chi connectivity index (χ3n) is 5.16. The highest BCUT2D eigenvalue weighted by Crippen LogP contribution is 2.36. The molecule has 8 heteroatoms. The minimum Gasteiger partial charge on any atom is -0.497 e. The number of carbonyl (C=O) groups is 3. The van der Waals surface area contributed by atoms with Gasteiger partial charge < -0.3 is 25.2 Å². The van der Waals surface area contributed by atoms with Crippen LogP contribution < -0.4 is 15.4 Å². The van der Waals surface area contributed by atoms with Gasteiger partial charge in [0.25, 0.3) is 0 Å². The number of ether oxygens (including phenoxy) is 2. The largest absolute Gasteiger partial charge is 0.497 e. The first-order chi connectivity index (χ1) is 14.4. The lowest BCUT2D eigenvalue weighted by atomic mass is 9.79. The van der Waals surface area contributed by atoms with Crippen molar-refractivity contribution < 1.29 is 29.0 Å². The monoisotopic (exact) mass is 412 g/mol. The second-order valence-electron chi connectivity index (χ2n) is 7.11. The lowest BCUT2D eigenvalue weighted by Gasteiger charge is -2.34. The zero-order valence-electron chi connectivity index (χ0n) is 16.9. The van der Waals surface area contributed by atoms with Crippen LogP contribution in [0, 0.1) is 0 Å². The maximum Gasteiger partial charge on any atom is 0.337 e. The summed E-state index contributed by atoms with van der Waals surface area (Å²) in [4.78, 5) is 35.9. The molecule has 158 valence electrons. The van der Waals surface area contributed by atoms with E-state index in [-0.39, 0.29) is 6.54 Å². The normalized spacial score (nSPS) is 17.4. The molecule has 0 radical (unpaired) electrons. The summed E-state index contributed by atoms with van der Waals surface area (Å²) < 4.78 is 9.84. The van der Waals surface area contributed by atoms with Crippen molar-refractivity contribution >= 4 is 23.5 Å². The van der Waals surface area contributed by atoms with Crippen LogP contribution in [0.2, 0.25) is 0 Å². The molecule has 8 nitrogen and oxygen atoms in total. The van der Waals surface area contributed by atoms with Crippen molar-refractivity contribution in [3.63, 3.8) is 0 Å². The van der Waals surface area contributed by atoms with Crippen LogP contribution in [-0.4, -0.2) is 43.7 Å². The van der Waals surface area contributed by atoms with E-state index in [0.717, 1.165) is 24.0 Å². The first-order valence-electron chi connectivity index (χ1n) is 9.53. The third-order valence-corrected chi connectivity index (χ3v) is 5.16. The van der Waals surface area contributed by atoms with Crippen LogP contribution in [0.25, 0.3) is 0 Å². The van der Waals surface area contributed by atoms with Crippen molar-refractivity contribution in [2.45, 2.75) is 24.9 Å². The van der Waals surface area contributed by atoms with E-state index >= 15 is 0 Å². The van der Waals surface area contributed by atoms with E-state index in [1.807, 2.05) is 6.07 Å². The average Bonchev–Trinajstić information content (AvgIpc) is 2.77. The van der Waals surface area contributed by atoms with Gasteiger partial charge in [0.2, 0.25) is 0 Å². The number of hydrogen-bond donors (Lipinski definition) is 3. The van der Waals surface area contributed by atoms with Crippen LogP contribution in [0.15, 0.2) is 42.5 Å². The summed E-state index contributed by atoms with van der Waals surface area (Å²) in [6.07, 6.45) is 2.04. The van der Waals surface area contributed by atoms with Gasteiger partial charge in [-0.25, -0.2) is 4.79 Å². The molecule has 0 fully saturated rings. The Labute approximate surface area is 174 Å². The summed E-state index contributed by atoms with van der Waals surface area (Å²) in [6.45, 7) is -0.0835. The Morgan fingerprint density at radius 3 is 2.47 bits per heavy atom. The number of rotatable bonds is 5. The van der Waals surface area contributed by atoms with Crippen LogP contribution in [-0.2, 0) is 26.3 Å². The molecule has 0 aromatic heterocycles. The van der Waals surface area contributed by atoms with Gasteiger partial charge in [0.15, 0.2) is 0 Å². The molecule has 2 amide bonds. The first kappa shape index (κ1) is 21.3. The quantitative estimate of drug-likeness (QED) is 0.509. The van der Waals surface area contributed by atoms with Crippen molar-refractivity contribution in [2.75, 3.05) is 26.1 Å². The predicted molar refractivity (Wildman–Crippen MR) is 109 cm³/mol. The lowest BCUT2D eigenvalue weighted by Crippen LogP contribution is -2.46. The van der Waals surface area contributed by atoms with E-state index in [4.69, 9.17) is 4.74 Å². The van der Waals surface area contributed by atoms with Gasteiger partial charge in [-0.1, -0.05) is 6.07 Å². The number of anilines is 1. The van der Waals surface area contributed by atoms with E-state index in [0.29, 0.717) is 23.4 Å². The Balaban J connectivity index is 1.61. The number of aliphatic hydroxyl groups is 1. The van der Waals surface area contributed by atoms with Gasteiger partial charge in [-0.15, -0.1) is 0 Å². The smallest absolute Gasteiger partial charge is 0.337 e. The van der Waals surface area contributed by atoms with E-state index in [2.05, 4.69) is 15.4 Å². The Morgan fingerprint density at radius 2 is 1.80 bits per heavy atom. The molecule has 0 saturated heterocycles. The number of esters is 1. The third kappa shape index (κ3) is 4.60. The standard InChI is InChI=1S/C22H24N2O6/c1-29-17-9-10-18-15(12-17)4-3-11-22(18,28)13-23-19(25)20(26)24-16-7-5-14(6-8-16)21(27)30-2/h5-10,12,28H,3-4,11,13H2,1-2H3,(H,23,25)(H,24,26)/t22-/m1/s1. The summed E-state index contributed by atoms with van der Waals surface area (Å²) in [6, 6.07) is 11.4. The van der Waals surface area contributed by atoms with Gasteiger partial charge >= 0.3 is 17.8 Å². The number of fused-ring (bicyclic) bond motifs is 1. The molecule has 0 spiro atoms. The Bertz CT molecular complexity index is 957. The summed E-state index contributed by atoms with van der Waals surface area (Å²) in [5.41, 5.74) is 1.13. The van der Waals surface area contributed by atoms with E-state index < -0.39 is 23.4 Å². The van der Waals surface area contributed by atoms with Crippen LogP contribution in [0.3, 0.4) is 0 Å². The molecule has 30 heavy (non-hydrogen) atoms. The molecule has 0 saturated carbocycles. The fourth-order valence-electron chi connectivity index (χ4n) is 3.55. The van der Waals surface area contributed by atoms with Crippen LogP contribution >= 0.6 is 0 Å². The molecule has 3 N–H and O–H groups in total. The fraction of sp³-hybridized carbons (Fsp3) is 0.318. The molecule has 1 aliphatic carbocycles. The van der Waals surface area contributed by atoms with Crippen LogP contribution in [0.4, 0.5) is 5.69 Å². The van der Waals surface area contributed by atoms with Gasteiger partial charge in [0.1, 0.15) is 11.4 Å². The van der Waals surface area contributed by atoms with Crippen LogP contribution in [0.5, 0.6) is 5.75 Å². The molecule has 1 atom stereocenters. The molecular weight excluding hydrogens is 388 g/mol. The van der Waals surface area contributed by atoms with Crippen molar-refractivity contribution in [2.24, 2.45) is 0 Å². The maximum absolute atomic E-state index is 12.2. The highest BCUT2D eigenvalue weighted by Gasteiger charge is 2.35. The van der Waals surface area contributed by atoms with Gasteiger partial charge in [0, 0.05) is 5.69 Å². The van der Waals surface area contributed by atoms with E-state index in [1.54, 1.807) is 19.2 Å². The van der Waals surface area contributed by atoms with Crippen molar-refractivity contribution in [1.29, 1.82) is 0 Å². The van der Waals surface area contributed by atoms with Gasteiger partial charge in [-0.3, -0.25) is 9.59 Å². The summed E-state index contributed by atoms with van der Waals surface area (Å²) in [7, 11) is 2.86. The molecule has 2 aromatic carbocycles. The number of hydrogen-bond acceptors (Lipinski definition) is 6. The summed E-state index contributed by atoms with van der Waals surface area (Å²) in [5.74, 6) is -1.51. The Kier molecular flexibility index (Phi) is 6.37. The number of carbonyl (C=O) groups excluding carboxylic acids is 3. The first-order valence-corrected chi connectivity index (χ1v) is 9.53. The predicted octanol–water partition coefficient (Wildman–Crippen LogP) is 1.76. The highest BCUT2D eigenvalue weighted by atomic mass is 16.5. The number of aryl methyl sites for hydroxylation is 1. The Morgan fingerprint density at radius 1 is 1.07 bits per heavy atom. The molecule has 1 aliphatic rings. The fourth-order valence-corrected chi connectivity index (χ4v) is 3.55. The molecule has 2 aromatic rings. The van der Waals surface area contributed by atoms with Crippen molar-refractivity contribution in [3.8, 4) is 5.75 Å². The van der Waals surface area contributed by atoms with E-state index in [1.165, 1.54) is 31.4 Å². The van der Waals surface area contributed by atoms with Gasteiger partial charge in [0.05, 0.1) is 26.3 Å². The minimum atomic E-state index is -1.25. The molecular formula is C22H24N2O6. The van der Waals surface area contributed by atoms with Crippen molar-refractivity contribution in [1.82, 2.24) is 5.32 Å². The number of methoxy groups -OCH3 is 2. The SMILES string of the molecule is COC(=O)c1ccc(NC(=O)C(=O)NC[C@]2(O)CCCc3cc(OC)ccc32)cc1. The molecule has 0 heterocycles. The molecule has 0 unspecified atom stereocenters. The van der Waals surface area contributed by atoms with Gasteiger partial charge in [-0.2, -0.15) is 0 Å². The number of amides is 2. The number of nitrogens with one attached hydrogen (secondary N) is 2. The zero-order valence-corrected chi connectivity index (χ0v) is 16.9. The molecule has 0 bridgehead atoms. The Hall–Kier alpha value is -3.39. The topological polar surface area (TPSA) is 114 Å². The highest BCUT2D eigenvalue weighted by molar-refractivity contribution is 6.39. The van der Waals surface area contributed by atoms with Gasteiger partial charge in [-0.05, 0) is 66.8 Å². The lowest BCUT2D eigenvalue weighted by molar-refractivity contribution is -0.137. The summed E-state index contributed by atoms with van der Waals surface area (Å²) >= 11 is 0. The summed E-state index contributed by atoms with van der Waals surface area (Å²) in [5, 5.41) is 16.1.